The minimum atomic E-state index is 0.327. The fraction of sp³-hybridized carbons (Fsp3) is 0.846. The first-order chi connectivity index (χ1) is 6.18. The Morgan fingerprint density at radius 2 is 1.71 bits per heavy atom. The van der Waals surface area contributed by atoms with Crippen LogP contribution in [0.25, 0.3) is 0 Å². The molecule has 1 heteroatoms. The quantitative estimate of drug-likeness (QED) is 0.398. The average Bonchev–Trinajstić information content (AvgIpc) is 2.35. The van der Waals surface area contributed by atoms with Gasteiger partial charge in [-0.1, -0.05) is 0 Å². The van der Waals surface area contributed by atoms with Gasteiger partial charge in [0.1, 0.15) is 0 Å². The minimum absolute atomic E-state index is 0.327. The SMILES string of the molecule is [Li][C]12CC(C)(C(C)C1C)C(C)(C)C2=C. The van der Waals surface area contributed by atoms with Crippen LogP contribution in [0.5, 0.6) is 0 Å². The van der Waals surface area contributed by atoms with Crippen LogP contribution in [-0.4, -0.2) is 17.7 Å². The molecular formula is C13H21Li. The summed E-state index contributed by atoms with van der Waals surface area (Å²) in [7, 11) is 0. The fourth-order valence-corrected chi connectivity index (χ4v) is 4.42. The summed E-state index contributed by atoms with van der Waals surface area (Å²) in [4.78, 5) is 0. The van der Waals surface area contributed by atoms with Crippen molar-refractivity contribution in [2.45, 2.75) is 45.1 Å². The third kappa shape index (κ3) is 0.844. The zero-order chi connectivity index (χ0) is 10.9. The molecule has 4 unspecified atom stereocenters. The molecule has 0 aromatic carbocycles. The van der Waals surface area contributed by atoms with Crippen LogP contribution >= 0.6 is 0 Å². The van der Waals surface area contributed by atoms with Crippen molar-refractivity contribution in [3.05, 3.63) is 12.2 Å². The summed E-state index contributed by atoms with van der Waals surface area (Å²) in [6.45, 7) is 16.5. The van der Waals surface area contributed by atoms with Crippen LogP contribution in [0.1, 0.15) is 41.0 Å². The molecule has 0 spiro atoms. The Morgan fingerprint density at radius 1 is 1.21 bits per heavy atom. The molecule has 0 aliphatic heterocycles. The summed E-state index contributed by atoms with van der Waals surface area (Å²) >= 11 is 2.43. The van der Waals surface area contributed by atoms with Crippen LogP contribution < -0.4 is 0 Å². The van der Waals surface area contributed by atoms with Crippen molar-refractivity contribution < 1.29 is 0 Å². The monoisotopic (exact) mass is 184 g/mol. The van der Waals surface area contributed by atoms with Gasteiger partial charge in [-0.3, -0.25) is 0 Å². The van der Waals surface area contributed by atoms with Crippen molar-refractivity contribution in [1.29, 1.82) is 0 Å². The molecule has 0 amide bonds. The van der Waals surface area contributed by atoms with Gasteiger partial charge in [-0.05, 0) is 0 Å². The van der Waals surface area contributed by atoms with E-state index in [1.54, 1.807) is 0 Å². The molecule has 0 nitrogen and oxygen atoms in total. The van der Waals surface area contributed by atoms with Gasteiger partial charge in [0.25, 0.3) is 0 Å². The van der Waals surface area contributed by atoms with E-state index in [2.05, 4.69) is 58.9 Å². The Hall–Kier alpha value is 0.337. The van der Waals surface area contributed by atoms with Gasteiger partial charge in [0.15, 0.2) is 0 Å². The van der Waals surface area contributed by atoms with Gasteiger partial charge in [-0.25, -0.2) is 0 Å². The predicted octanol–water partition coefficient (Wildman–Crippen LogP) is 3.59. The van der Waals surface area contributed by atoms with E-state index in [-0.39, 0.29) is 0 Å². The van der Waals surface area contributed by atoms with Crippen LogP contribution in [0.2, 0.25) is 4.09 Å². The van der Waals surface area contributed by atoms with Gasteiger partial charge in [0, 0.05) is 0 Å². The van der Waals surface area contributed by atoms with E-state index in [1.165, 1.54) is 12.0 Å². The Labute approximate surface area is 97.7 Å². The number of hydrogen-bond donors (Lipinski definition) is 0. The molecule has 0 N–H and O–H groups in total. The van der Waals surface area contributed by atoms with Gasteiger partial charge < -0.3 is 0 Å². The Bertz CT molecular complexity index is 304. The van der Waals surface area contributed by atoms with Crippen LogP contribution in [0.4, 0.5) is 0 Å². The van der Waals surface area contributed by atoms with Crippen molar-refractivity contribution in [2.24, 2.45) is 22.7 Å². The molecule has 2 fully saturated rings. The topological polar surface area (TPSA) is 0 Å². The Kier molecular flexibility index (Phi) is 1.96. The molecule has 74 valence electrons. The van der Waals surface area contributed by atoms with Gasteiger partial charge >= 0.3 is 97.7 Å². The second kappa shape index (κ2) is 2.53. The molecule has 2 rings (SSSR count). The first-order valence-corrected chi connectivity index (χ1v) is 5.88. The molecule has 2 bridgehead atoms. The fourth-order valence-electron chi connectivity index (χ4n) is 4.42. The van der Waals surface area contributed by atoms with Crippen molar-refractivity contribution in [3.8, 4) is 0 Å². The summed E-state index contributed by atoms with van der Waals surface area (Å²) in [5, 5.41) is 0. The standard InChI is InChI=1S/C13H21.Li/c1-8-9(2)13(6)7-11(8)10(3)12(13,4)5;/h8-9H,3,7H2,1-2,4-6H3;. The second-order valence-corrected chi connectivity index (χ2v) is 6.69. The summed E-state index contributed by atoms with van der Waals surface area (Å²) in [5.74, 6) is 1.63. The number of hydrogen-bond acceptors (Lipinski definition) is 0. The van der Waals surface area contributed by atoms with E-state index in [0.717, 1.165) is 11.8 Å². The Balaban J connectivity index is 2.59. The molecule has 0 heterocycles. The zero-order valence-electron chi connectivity index (χ0n) is 10.6. The van der Waals surface area contributed by atoms with Crippen molar-refractivity contribution in [2.75, 3.05) is 0 Å². The average molecular weight is 184 g/mol. The van der Waals surface area contributed by atoms with E-state index in [0.29, 0.717) is 14.9 Å². The zero-order valence-corrected chi connectivity index (χ0v) is 10.6. The van der Waals surface area contributed by atoms with E-state index in [4.69, 9.17) is 0 Å². The third-order valence-corrected chi connectivity index (χ3v) is 6.37. The molecule has 4 atom stereocenters. The molecule has 2 aliphatic carbocycles. The van der Waals surface area contributed by atoms with Crippen LogP contribution in [0, 0.1) is 22.7 Å². The van der Waals surface area contributed by atoms with Gasteiger partial charge in [-0.15, -0.1) is 0 Å². The number of fused-ring (bicyclic) bond motifs is 2. The van der Waals surface area contributed by atoms with Crippen LogP contribution in [-0.2, 0) is 0 Å². The number of rotatable bonds is 0. The first-order valence-electron chi connectivity index (χ1n) is 5.88. The van der Waals surface area contributed by atoms with E-state index in [9.17, 15) is 0 Å². The molecule has 0 saturated heterocycles. The van der Waals surface area contributed by atoms with E-state index < -0.39 is 0 Å². The van der Waals surface area contributed by atoms with E-state index >= 15 is 0 Å². The first kappa shape index (κ1) is 10.8. The summed E-state index contributed by atoms with van der Waals surface area (Å²) < 4.78 is 0.400. The molecule has 0 radical (unpaired) electrons. The Morgan fingerprint density at radius 3 is 2.07 bits per heavy atom. The molecule has 14 heavy (non-hydrogen) atoms. The predicted molar refractivity (Wildman–Crippen MR) is 62.4 cm³/mol. The van der Waals surface area contributed by atoms with Crippen LogP contribution in [0.15, 0.2) is 12.2 Å². The van der Waals surface area contributed by atoms with Crippen molar-refractivity contribution >= 4 is 17.7 Å². The summed E-state index contributed by atoms with van der Waals surface area (Å²) in [5.41, 5.74) is 2.30. The number of allylic oxidation sites excluding steroid dienone is 1. The molecule has 0 aromatic rings. The molecule has 2 aliphatic rings. The van der Waals surface area contributed by atoms with Gasteiger partial charge in [-0.2, -0.15) is 0 Å². The van der Waals surface area contributed by atoms with Crippen molar-refractivity contribution in [1.82, 2.24) is 0 Å². The maximum absolute atomic E-state index is 4.39. The van der Waals surface area contributed by atoms with Crippen molar-refractivity contribution in [3.63, 3.8) is 0 Å². The summed E-state index contributed by atoms with van der Waals surface area (Å²) in [6, 6.07) is 0. The molecule has 2 saturated carbocycles. The van der Waals surface area contributed by atoms with Gasteiger partial charge in [0.05, 0.1) is 0 Å². The molecule has 0 aromatic heterocycles. The normalized spacial score (nSPS) is 55.5. The van der Waals surface area contributed by atoms with E-state index in [1.807, 2.05) is 0 Å². The third-order valence-electron chi connectivity index (χ3n) is 6.37. The molecular weight excluding hydrogens is 163 g/mol. The van der Waals surface area contributed by atoms with Crippen LogP contribution in [0.3, 0.4) is 0 Å². The second-order valence-electron chi connectivity index (χ2n) is 6.69. The summed E-state index contributed by atoms with van der Waals surface area (Å²) in [6.07, 6.45) is 1.34. The van der Waals surface area contributed by atoms with Gasteiger partial charge in [0.2, 0.25) is 0 Å². The maximum atomic E-state index is 4.39.